The van der Waals surface area contributed by atoms with Gasteiger partial charge in [0.15, 0.2) is 0 Å². The second-order valence-electron chi connectivity index (χ2n) is 10.1. The van der Waals surface area contributed by atoms with E-state index in [1.807, 2.05) is 65.8 Å². The first-order valence-corrected chi connectivity index (χ1v) is 13.7. The van der Waals surface area contributed by atoms with Crippen LogP contribution >= 0.6 is 31.9 Å². The summed E-state index contributed by atoms with van der Waals surface area (Å²) < 4.78 is 18.5. The minimum absolute atomic E-state index is 0.0357. The van der Waals surface area contributed by atoms with E-state index in [-0.39, 0.29) is 15.5 Å². The summed E-state index contributed by atoms with van der Waals surface area (Å²) in [5.74, 6) is -0.827. The van der Waals surface area contributed by atoms with Crippen LogP contribution < -0.4 is 5.19 Å². The summed E-state index contributed by atoms with van der Waals surface area (Å²) in [7, 11) is -3.30. The van der Waals surface area contributed by atoms with Crippen LogP contribution in [0.4, 0.5) is 4.11 Å². The Morgan fingerprint density at radius 2 is 1.41 bits per heavy atom. The highest BCUT2D eigenvalue weighted by Gasteiger charge is 2.56. The summed E-state index contributed by atoms with van der Waals surface area (Å²) in [6.45, 7) is 12.4. The lowest BCUT2D eigenvalue weighted by Crippen LogP contribution is -2.57. The first-order valence-electron chi connectivity index (χ1n) is 10.3. The zero-order valence-electron chi connectivity index (χ0n) is 19.0. The van der Waals surface area contributed by atoms with E-state index in [1.165, 1.54) is 0 Å². The van der Waals surface area contributed by atoms with Crippen LogP contribution in [0.5, 0.6) is 0 Å². The van der Waals surface area contributed by atoms with Crippen molar-refractivity contribution >= 4 is 57.3 Å². The molecule has 0 spiro atoms. The normalized spacial score (nSPS) is 15.8. The lowest BCUT2D eigenvalue weighted by atomic mass is 10.2. The largest absolute Gasteiger partial charge is 0.307 e. The molecule has 0 bridgehead atoms. The maximum atomic E-state index is 16.5. The molecule has 172 valence electrons. The van der Waals surface area contributed by atoms with Crippen molar-refractivity contribution in [2.24, 2.45) is 0 Å². The van der Waals surface area contributed by atoms with Crippen LogP contribution in [0, 0.1) is 0 Å². The Hall–Kier alpha value is -1.65. The molecule has 0 unspecified atom stereocenters. The van der Waals surface area contributed by atoms with Crippen LogP contribution in [0.2, 0.25) is 10.1 Å². The zero-order valence-corrected chi connectivity index (χ0v) is 23.2. The molecule has 0 N–H and O–H groups in total. The van der Waals surface area contributed by atoms with E-state index in [4.69, 9.17) is 0 Å². The number of carbonyl (C=O) groups excluding carboxylic acids is 2. The third kappa shape index (κ3) is 4.41. The molecule has 6 nitrogen and oxygen atoms in total. The van der Waals surface area contributed by atoms with E-state index in [9.17, 15) is 9.59 Å². The van der Waals surface area contributed by atoms with Crippen molar-refractivity contribution in [3.8, 4) is 0 Å². The Morgan fingerprint density at radius 1 is 0.906 bits per heavy atom. The second kappa shape index (κ2) is 8.61. The second-order valence-corrected chi connectivity index (χ2v) is 16.6. The summed E-state index contributed by atoms with van der Waals surface area (Å²) in [5, 5.41) is 8.11. The molecule has 1 aliphatic rings. The van der Waals surface area contributed by atoms with Gasteiger partial charge in [-0.05, 0) is 52.7 Å². The van der Waals surface area contributed by atoms with Gasteiger partial charge in [-0.2, -0.15) is 0 Å². The molecule has 32 heavy (non-hydrogen) atoms. The number of nitrogens with zero attached hydrogens (tertiary/aromatic N) is 4. The summed E-state index contributed by atoms with van der Waals surface area (Å²) in [6.07, 6.45) is 1.70. The van der Waals surface area contributed by atoms with Crippen LogP contribution in [0.3, 0.4) is 0 Å². The van der Waals surface area contributed by atoms with Gasteiger partial charge >= 0.3 is 0 Å². The number of hydrogen-bond donors (Lipinski definition) is 0. The predicted octanol–water partition coefficient (Wildman–Crippen LogP) is 4.92. The Morgan fingerprint density at radius 3 is 1.88 bits per heavy atom. The Bertz CT molecular complexity index is 1050. The molecule has 0 fully saturated rings. The summed E-state index contributed by atoms with van der Waals surface area (Å²) in [4.78, 5) is 25.4. The maximum Gasteiger partial charge on any atom is 0.288 e. The average Bonchev–Trinajstić information content (AvgIpc) is 3.21. The first kappa shape index (κ1) is 25.0. The highest BCUT2D eigenvalue weighted by molar-refractivity contribution is 9.14. The van der Waals surface area contributed by atoms with Crippen LogP contribution in [-0.4, -0.2) is 40.1 Å². The van der Waals surface area contributed by atoms with Gasteiger partial charge in [-0.3, -0.25) is 14.5 Å². The molecule has 1 aromatic heterocycles. The molecule has 0 saturated heterocycles. The Labute approximate surface area is 205 Å². The van der Waals surface area contributed by atoms with E-state index < -0.39 is 30.3 Å². The van der Waals surface area contributed by atoms with E-state index in [0.29, 0.717) is 12.2 Å². The van der Waals surface area contributed by atoms with Gasteiger partial charge in [-0.1, -0.05) is 71.0 Å². The molecule has 2 aromatic rings. The molecule has 3 rings (SSSR count). The predicted molar refractivity (Wildman–Crippen MR) is 132 cm³/mol. The molecule has 0 saturated carbocycles. The fraction of sp³-hybridized carbons (Fsp3) is 0.455. The molecule has 0 aliphatic carbocycles. The van der Waals surface area contributed by atoms with Gasteiger partial charge in [0.2, 0.25) is 0 Å². The van der Waals surface area contributed by atoms with Crippen molar-refractivity contribution in [1.29, 1.82) is 0 Å². The number of carbonyl (C=O) groups is 2. The third-order valence-corrected chi connectivity index (χ3v) is 13.0. The maximum absolute atomic E-state index is 16.5. The standard InChI is InChI=1S/C22H27Br2FN4O2Si/c1-21(2,3)32(25,22(4,5)6)16-9-7-14(8-10-16)11-28-12-15(26-27-28)13-29-19(30)17(23)18(24)20(29)31/h7-10,12H,11,13H2,1-6H3. The quantitative estimate of drug-likeness (QED) is 0.284. The highest BCUT2D eigenvalue weighted by atomic mass is 79.9. The van der Waals surface area contributed by atoms with Gasteiger partial charge in [0.1, 0.15) is 14.7 Å². The molecule has 1 aliphatic heterocycles. The SMILES string of the molecule is CC(C)(C)[Si](F)(c1ccc(Cn2cc(CN3C(=O)C(Br)=C(Br)C3=O)nn2)cc1)C(C)(C)C. The Balaban J connectivity index is 1.74. The van der Waals surface area contributed by atoms with Crippen molar-refractivity contribution in [1.82, 2.24) is 19.9 Å². The highest BCUT2D eigenvalue weighted by Crippen LogP contribution is 2.51. The van der Waals surface area contributed by atoms with Crippen LogP contribution in [0.15, 0.2) is 39.4 Å². The van der Waals surface area contributed by atoms with Crippen molar-refractivity contribution in [2.45, 2.75) is 64.7 Å². The number of imide groups is 1. The van der Waals surface area contributed by atoms with E-state index >= 15 is 4.11 Å². The van der Waals surface area contributed by atoms with Gasteiger partial charge in [0.25, 0.3) is 20.2 Å². The van der Waals surface area contributed by atoms with E-state index in [2.05, 4.69) is 42.2 Å². The van der Waals surface area contributed by atoms with E-state index in [1.54, 1.807) is 10.9 Å². The summed E-state index contributed by atoms with van der Waals surface area (Å²) in [6, 6.07) is 7.67. The molecule has 2 amide bonds. The van der Waals surface area contributed by atoms with Gasteiger partial charge < -0.3 is 4.11 Å². The topological polar surface area (TPSA) is 68.1 Å². The number of amides is 2. The van der Waals surface area contributed by atoms with E-state index in [0.717, 1.165) is 15.7 Å². The monoisotopic (exact) mass is 584 g/mol. The van der Waals surface area contributed by atoms with Crippen molar-refractivity contribution < 1.29 is 13.7 Å². The first-order chi connectivity index (χ1) is 14.7. The van der Waals surface area contributed by atoms with Gasteiger partial charge in [-0.25, -0.2) is 4.68 Å². The summed E-state index contributed by atoms with van der Waals surface area (Å²) in [5.41, 5.74) is 1.46. The smallest absolute Gasteiger partial charge is 0.288 e. The van der Waals surface area contributed by atoms with Gasteiger partial charge in [-0.15, -0.1) is 5.10 Å². The number of halogens is 3. The van der Waals surface area contributed by atoms with Crippen LogP contribution in [-0.2, 0) is 22.7 Å². The van der Waals surface area contributed by atoms with Crippen LogP contribution in [0.25, 0.3) is 0 Å². The number of rotatable bonds is 5. The van der Waals surface area contributed by atoms with Crippen molar-refractivity contribution in [2.75, 3.05) is 0 Å². The van der Waals surface area contributed by atoms with Gasteiger partial charge in [0, 0.05) is 0 Å². The molecule has 1 aromatic carbocycles. The fourth-order valence-corrected chi connectivity index (χ4v) is 9.70. The third-order valence-electron chi connectivity index (χ3n) is 5.73. The van der Waals surface area contributed by atoms with Crippen LogP contribution in [0.1, 0.15) is 52.8 Å². The van der Waals surface area contributed by atoms with Crippen molar-refractivity contribution in [3.05, 3.63) is 50.7 Å². The molecular formula is C22H27Br2FN4O2Si. The minimum Gasteiger partial charge on any atom is -0.307 e. The molecule has 0 atom stereocenters. The van der Waals surface area contributed by atoms with Crippen molar-refractivity contribution in [3.63, 3.8) is 0 Å². The molecule has 0 radical (unpaired) electrons. The molecular weight excluding hydrogens is 559 g/mol. The number of hydrogen-bond acceptors (Lipinski definition) is 4. The zero-order chi connectivity index (χ0) is 24.1. The minimum atomic E-state index is -3.30. The summed E-state index contributed by atoms with van der Waals surface area (Å²) >= 11 is 6.22. The number of benzene rings is 1. The number of aromatic nitrogens is 3. The van der Waals surface area contributed by atoms with Gasteiger partial charge in [0.05, 0.1) is 19.3 Å². The lowest BCUT2D eigenvalue weighted by molar-refractivity contribution is -0.137. The average molecular weight is 586 g/mol. The Kier molecular flexibility index (Phi) is 6.72. The lowest BCUT2D eigenvalue weighted by Gasteiger charge is -2.44. The molecule has 2 heterocycles. The molecule has 10 heteroatoms. The fourth-order valence-electron chi connectivity index (χ4n) is 4.33.